The number of carbonyl (C=O) groups is 1. The second kappa shape index (κ2) is 7.63. The summed E-state index contributed by atoms with van der Waals surface area (Å²) in [5.74, 6) is 0. The molecule has 0 unspecified atom stereocenters. The fourth-order valence-corrected chi connectivity index (χ4v) is 3.95. The zero-order valence-corrected chi connectivity index (χ0v) is 17.1. The highest BCUT2D eigenvalue weighted by atomic mass is 79.9. The lowest BCUT2D eigenvalue weighted by Gasteiger charge is -2.13. The van der Waals surface area contributed by atoms with E-state index in [9.17, 15) is 14.9 Å². The molecule has 0 amide bonds. The van der Waals surface area contributed by atoms with Gasteiger partial charge in [-0.25, -0.2) is 4.98 Å². The summed E-state index contributed by atoms with van der Waals surface area (Å²) >= 11 is 10.1. The van der Waals surface area contributed by atoms with E-state index >= 15 is 0 Å². The van der Waals surface area contributed by atoms with E-state index in [1.165, 1.54) is 10.6 Å². The molecule has 0 N–H and O–H groups in total. The van der Waals surface area contributed by atoms with Crippen LogP contribution in [0.5, 0.6) is 0 Å². The van der Waals surface area contributed by atoms with Crippen molar-refractivity contribution in [3.8, 4) is 28.3 Å². The Labute approximate surface area is 179 Å². The molecule has 0 bridgehead atoms. The van der Waals surface area contributed by atoms with Crippen molar-refractivity contribution in [1.29, 1.82) is 5.26 Å². The number of hydrogen-bond acceptors (Lipinski definition) is 4. The normalized spacial score (nSPS) is 10.7. The van der Waals surface area contributed by atoms with Crippen molar-refractivity contribution < 1.29 is 4.79 Å². The van der Waals surface area contributed by atoms with E-state index in [1.807, 2.05) is 30.3 Å². The summed E-state index contributed by atoms with van der Waals surface area (Å²) in [7, 11) is 0. The Morgan fingerprint density at radius 1 is 1.10 bits per heavy atom. The van der Waals surface area contributed by atoms with Crippen molar-refractivity contribution in [2.75, 3.05) is 0 Å². The number of hydrogen-bond donors (Lipinski definition) is 0. The molecule has 0 radical (unpaired) electrons. The molecule has 0 fully saturated rings. The first-order valence-corrected chi connectivity index (χ1v) is 9.66. The van der Waals surface area contributed by atoms with Crippen LogP contribution in [0.25, 0.3) is 27.9 Å². The van der Waals surface area contributed by atoms with Crippen molar-refractivity contribution in [1.82, 2.24) is 9.38 Å². The first kappa shape index (κ1) is 19.1. The SMILES string of the molecule is N#Cc1c(Br)cccc1-c1cccc(-c2ccn3c(=O)c(C=O)cnc3c2)c1Cl. The Morgan fingerprint density at radius 3 is 2.59 bits per heavy atom. The summed E-state index contributed by atoms with van der Waals surface area (Å²) in [6.45, 7) is 0. The monoisotopic (exact) mass is 463 g/mol. The molecule has 4 aromatic rings. The average molecular weight is 465 g/mol. The van der Waals surface area contributed by atoms with Crippen LogP contribution in [0.3, 0.4) is 0 Å². The molecular formula is C22H11BrClN3O2. The molecule has 0 atom stereocenters. The van der Waals surface area contributed by atoms with Crippen LogP contribution in [0.2, 0.25) is 5.02 Å². The van der Waals surface area contributed by atoms with Crippen LogP contribution in [-0.2, 0) is 0 Å². The van der Waals surface area contributed by atoms with E-state index in [1.54, 1.807) is 24.4 Å². The number of pyridine rings is 1. The Hall–Kier alpha value is -3.27. The highest BCUT2D eigenvalue weighted by molar-refractivity contribution is 9.10. The smallest absolute Gasteiger partial charge is 0.268 e. The lowest BCUT2D eigenvalue weighted by molar-refractivity contribution is 0.112. The van der Waals surface area contributed by atoms with Crippen LogP contribution in [-0.4, -0.2) is 15.7 Å². The standard InChI is InChI=1S/C22H11BrClN3O2/c23-19-6-2-4-16(18(19)10-25)17-5-1-3-15(21(17)24)13-7-8-27-20(9-13)26-11-14(12-28)22(27)29/h1-9,11-12H. The summed E-state index contributed by atoms with van der Waals surface area (Å²) in [5.41, 5.74) is 3.42. The number of rotatable bonds is 3. The summed E-state index contributed by atoms with van der Waals surface area (Å²) in [4.78, 5) is 27.4. The van der Waals surface area contributed by atoms with E-state index in [-0.39, 0.29) is 5.56 Å². The second-order valence-corrected chi connectivity index (χ2v) is 7.45. The van der Waals surface area contributed by atoms with Gasteiger partial charge in [-0.05, 0) is 39.7 Å². The predicted molar refractivity (Wildman–Crippen MR) is 115 cm³/mol. The van der Waals surface area contributed by atoms with E-state index in [0.717, 1.165) is 22.3 Å². The number of nitrogens with zero attached hydrogens (tertiary/aromatic N) is 3. The number of benzene rings is 2. The third-order valence-corrected chi connectivity index (χ3v) is 5.66. The van der Waals surface area contributed by atoms with Crippen LogP contribution in [0.1, 0.15) is 15.9 Å². The molecule has 0 aliphatic carbocycles. The van der Waals surface area contributed by atoms with E-state index in [4.69, 9.17) is 11.6 Å². The molecule has 0 spiro atoms. The molecular weight excluding hydrogens is 454 g/mol. The van der Waals surface area contributed by atoms with Gasteiger partial charge < -0.3 is 0 Å². The lowest BCUT2D eigenvalue weighted by atomic mass is 9.96. The van der Waals surface area contributed by atoms with Crippen LogP contribution < -0.4 is 5.56 Å². The second-order valence-electron chi connectivity index (χ2n) is 6.22. The molecule has 29 heavy (non-hydrogen) atoms. The minimum absolute atomic E-state index is 0.00559. The molecule has 0 aliphatic rings. The highest BCUT2D eigenvalue weighted by Gasteiger charge is 2.15. The van der Waals surface area contributed by atoms with Crippen LogP contribution in [0.4, 0.5) is 0 Å². The third-order valence-electron chi connectivity index (χ3n) is 4.59. The molecule has 140 valence electrons. The van der Waals surface area contributed by atoms with Crippen LogP contribution in [0, 0.1) is 11.3 Å². The van der Waals surface area contributed by atoms with Gasteiger partial charge in [0.2, 0.25) is 0 Å². The first-order chi connectivity index (χ1) is 14.0. The maximum Gasteiger partial charge on any atom is 0.268 e. The maximum absolute atomic E-state index is 12.2. The topological polar surface area (TPSA) is 75.2 Å². The Kier molecular flexibility index (Phi) is 5.01. The van der Waals surface area contributed by atoms with Crippen molar-refractivity contribution in [3.05, 3.63) is 91.9 Å². The lowest BCUT2D eigenvalue weighted by Crippen LogP contribution is -2.18. The number of aldehydes is 1. The van der Waals surface area contributed by atoms with Crippen LogP contribution >= 0.6 is 27.5 Å². The van der Waals surface area contributed by atoms with Gasteiger partial charge in [0, 0.05) is 33.6 Å². The van der Waals surface area contributed by atoms with E-state index in [0.29, 0.717) is 27.0 Å². The van der Waals surface area contributed by atoms with Gasteiger partial charge >= 0.3 is 0 Å². The number of aromatic nitrogens is 2. The Morgan fingerprint density at radius 2 is 1.83 bits per heavy atom. The zero-order chi connectivity index (χ0) is 20.5. The van der Waals surface area contributed by atoms with E-state index < -0.39 is 5.56 Å². The van der Waals surface area contributed by atoms with Crippen molar-refractivity contribution in [3.63, 3.8) is 0 Å². The molecule has 0 saturated carbocycles. The van der Waals surface area contributed by atoms with Gasteiger partial charge in [0.15, 0.2) is 6.29 Å². The quantitative estimate of drug-likeness (QED) is 0.394. The molecule has 4 rings (SSSR count). The molecule has 2 heterocycles. The summed E-state index contributed by atoms with van der Waals surface area (Å²) < 4.78 is 2.01. The highest BCUT2D eigenvalue weighted by Crippen LogP contribution is 2.39. The van der Waals surface area contributed by atoms with Gasteiger partial charge in [0.25, 0.3) is 5.56 Å². The van der Waals surface area contributed by atoms with Gasteiger partial charge in [-0.3, -0.25) is 14.0 Å². The van der Waals surface area contributed by atoms with E-state index in [2.05, 4.69) is 27.0 Å². The minimum Gasteiger partial charge on any atom is -0.298 e. The molecule has 0 saturated heterocycles. The summed E-state index contributed by atoms with van der Waals surface area (Å²) in [5, 5.41) is 10.0. The number of nitriles is 1. The first-order valence-electron chi connectivity index (χ1n) is 8.49. The Bertz CT molecular complexity index is 1390. The zero-order valence-electron chi connectivity index (χ0n) is 14.8. The molecule has 2 aromatic carbocycles. The predicted octanol–water partition coefficient (Wildman–Crippen LogP) is 5.13. The summed E-state index contributed by atoms with van der Waals surface area (Å²) in [6, 6.07) is 16.7. The van der Waals surface area contributed by atoms with Crippen molar-refractivity contribution in [2.24, 2.45) is 0 Å². The van der Waals surface area contributed by atoms with Gasteiger partial charge in [-0.15, -0.1) is 0 Å². The van der Waals surface area contributed by atoms with Gasteiger partial charge in [0.1, 0.15) is 11.7 Å². The molecule has 5 nitrogen and oxygen atoms in total. The number of carbonyl (C=O) groups excluding carboxylic acids is 1. The summed E-state index contributed by atoms with van der Waals surface area (Å²) in [6.07, 6.45) is 3.31. The van der Waals surface area contributed by atoms with Gasteiger partial charge in [0.05, 0.1) is 16.1 Å². The minimum atomic E-state index is -0.427. The number of fused-ring (bicyclic) bond motifs is 1. The molecule has 2 aromatic heterocycles. The molecule has 7 heteroatoms. The number of halogens is 2. The third kappa shape index (κ3) is 3.25. The fraction of sp³-hybridized carbons (Fsp3) is 0. The Balaban J connectivity index is 1.91. The largest absolute Gasteiger partial charge is 0.298 e. The van der Waals surface area contributed by atoms with Crippen molar-refractivity contribution >= 4 is 39.5 Å². The van der Waals surface area contributed by atoms with Crippen LogP contribution in [0.15, 0.2) is 70.2 Å². The van der Waals surface area contributed by atoms with Crippen molar-refractivity contribution in [2.45, 2.75) is 0 Å². The average Bonchev–Trinajstić information content (AvgIpc) is 2.74. The molecule has 0 aliphatic heterocycles. The fourth-order valence-electron chi connectivity index (χ4n) is 3.16. The van der Waals surface area contributed by atoms with Gasteiger partial charge in [-0.2, -0.15) is 5.26 Å². The maximum atomic E-state index is 12.2. The van der Waals surface area contributed by atoms with Gasteiger partial charge in [-0.1, -0.05) is 41.9 Å².